The van der Waals surface area contributed by atoms with Gasteiger partial charge in [-0.05, 0) is 30.7 Å². The summed E-state index contributed by atoms with van der Waals surface area (Å²) in [6, 6.07) is 14.8. The van der Waals surface area contributed by atoms with E-state index in [1.807, 2.05) is 30.3 Å². The Morgan fingerprint density at radius 3 is 2.59 bits per heavy atom. The predicted molar refractivity (Wildman–Crippen MR) is 115 cm³/mol. The quantitative estimate of drug-likeness (QED) is 0.607. The minimum atomic E-state index is -4.25. The SMILES string of the molecule is COc1ccc(C(=O)Nc2cc(C)on2)cc1S(=O)(=O)N1C[C@@H](c2ccccc2)CC1=O. The fourth-order valence-corrected chi connectivity index (χ4v) is 5.25. The van der Waals surface area contributed by atoms with E-state index < -0.39 is 21.8 Å². The highest BCUT2D eigenvalue weighted by Gasteiger charge is 2.40. The molecule has 10 heteroatoms. The number of nitrogens with one attached hydrogen (secondary N) is 1. The van der Waals surface area contributed by atoms with Crippen molar-refractivity contribution in [1.82, 2.24) is 9.46 Å². The minimum absolute atomic E-state index is 0.0168. The van der Waals surface area contributed by atoms with Crippen LogP contribution in [-0.4, -0.2) is 43.3 Å². The van der Waals surface area contributed by atoms with E-state index in [1.54, 1.807) is 6.92 Å². The van der Waals surface area contributed by atoms with Gasteiger partial charge in [0.25, 0.3) is 15.9 Å². The predicted octanol–water partition coefficient (Wildman–Crippen LogP) is 2.95. The number of sulfonamides is 1. The summed E-state index contributed by atoms with van der Waals surface area (Å²) in [6.45, 7) is 1.69. The van der Waals surface area contributed by atoms with Gasteiger partial charge in [-0.15, -0.1) is 0 Å². The summed E-state index contributed by atoms with van der Waals surface area (Å²) in [4.78, 5) is 25.0. The Morgan fingerprint density at radius 2 is 1.94 bits per heavy atom. The first-order valence-electron chi connectivity index (χ1n) is 9.83. The van der Waals surface area contributed by atoms with Crippen molar-refractivity contribution < 1.29 is 27.3 Å². The molecule has 2 aromatic carbocycles. The average Bonchev–Trinajstić information content (AvgIpc) is 3.39. The van der Waals surface area contributed by atoms with E-state index in [-0.39, 0.29) is 40.9 Å². The van der Waals surface area contributed by atoms with Crippen molar-refractivity contribution in [2.24, 2.45) is 0 Å². The Bertz CT molecular complexity index is 1270. The molecular formula is C22H21N3O6S. The zero-order valence-electron chi connectivity index (χ0n) is 17.4. The van der Waals surface area contributed by atoms with Gasteiger partial charge < -0.3 is 14.6 Å². The third kappa shape index (κ3) is 4.09. The maximum absolute atomic E-state index is 13.4. The molecule has 0 spiro atoms. The molecule has 166 valence electrons. The lowest BCUT2D eigenvalue weighted by molar-refractivity contribution is -0.123. The third-order valence-electron chi connectivity index (χ3n) is 5.22. The van der Waals surface area contributed by atoms with Crippen LogP contribution in [-0.2, 0) is 14.8 Å². The molecule has 0 aliphatic carbocycles. The van der Waals surface area contributed by atoms with Crippen LogP contribution in [0.3, 0.4) is 0 Å². The smallest absolute Gasteiger partial charge is 0.270 e. The number of aromatic nitrogens is 1. The number of anilines is 1. The summed E-state index contributed by atoms with van der Waals surface area (Å²) in [7, 11) is -2.93. The molecule has 2 heterocycles. The standard InChI is InChI=1S/C22H21N3O6S/c1-14-10-20(24-31-14)23-22(27)16-8-9-18(30-2)19(11-16)32(28,29)25-13-17(12-21(25)26)15-6-4-3-5-7-15/h3-11,17H,12-13H2,1-2H3,(H,23,24,27)/t17-/m0/s1. The molecular weight excluding hydrogens is 434 g/mol. The summed E-state index contributed by atoms with van der Waals surface area (Å²) in [6.07, 6.45) is 0.0806. The van der Waals surface area contributed by atoms with Gasteiger partial charge in [-0.25, -0.2) is 12.7 Å². The fourth-order valence-electron chi connectivity index (χ4n) is 3.61. The summed E-state index contributed by atoms with van der Waals surface area (Å²) < 4.78 is 37.8. The van der Waals surface area contributed by atoms with Gasteiger partial charge in [0, 0.05) is 30.5 Å². The van der Waals surface area contributed by atoms with Crippen LogP contribution in [0.25, 0.3) is 0 Å². The summed E-state index contributed by atoms with van der Waals surface area (Å²) in [5.74, 6) is -0.575. The third-order valence-corrected chi connectivity index (χ3v) is 7.03. The van der Waals surface area contributed by atoms with E-state index in [9.17, 15) is 18.0 Å². The Morgan fingerprint density at radius 1 is 1.19 bits per heavy atom. The number of rotatable bonds is 6. The van der Waals surface area contributed by atoms with Gasteiger partial charge in [-0.1, -0.05) is 35.5 Å². The second kappa shape index (κ2) is 8.46. The van der Waals surface area contributed by atoms with Crippen molar-refractivity contribution in [3.05, 3.63) is 71.5 Å². The van der Waals surface area contributed by atoms with E-state index in [4.69, 9.17) is 9.26 Å². The molecule has 2 amide bonds. The topological polar surface area (TPSA) is 119 Å². The van der Waals surface area contributed by atoms with Gasteiger partial charge in [0.2, 0.25) is 5.91 Å². The van der Waals surface area contributed by atoms with Crippen molar-refractivity contribution in [2.45, 2.75) is 24.2 Å². The van der Waals surface area contributed by atoms with Crippen molar-refractivity contribution in [3.8, 4) is 5.75 Å². The van der Waals surface area contributed by atoms with Crippen LogP contribution in [0, 0.1) is 6.92 Å². The first-order chi connectivity index (χ1) is 15.3. The molecule has 1 aliphatic rings. The number of benzene rings is 2. The molecule has 1 N–H and O–H groups in total. The molecule has 0 radical (unpaired) electrons. The Balaban J connectivity index is 1.64. The zero-order valence-corrected chi connectivity index (χ0v) is 18.3. The molecule has 1 aliphatic heterocycles. The monoisotopic (exact) mass is 455 g/mol. The largest absolute Gasteiger partial charge is 0.495 e. The van der Waals surface area contributed by atoms with Gasteiger partial charge in [0.15, 0.2) is 5.82 Å². The average molecular weight is 455 g/mol. The second-order valence-corrected chi connectivity index (χ2v) is 9.21. The number of hydrogen-bond donors (Lipinski definition) is 1. The maximum Gasteiger partial charge on any atom is 0.270 e. The molecule has 9 nitrogen and oxygen atoms in total. The number of amides is 2. The van der Waals surface area contributed by atoms with Crippen LogP contribution in [0.5, 0.6) is 5.75 Å². The number of aryl methyl sites for hydroxylation is 1. The summed E-state index contributed by atoms with van der Waals surface area (Å²) in [5.41, 5.74) is 0.956. The van der Waals surface area contributed by atoms with Crippen molar-refractivity contribution in [1.29, 1.82) is 0 Å². The van der Waals surface area contributed by atoms with Crippen LogP contribution in [0.2, 0.25) is 0 Å². The van der Waals surface area contributed by atoms with Crippen LogP contribution in [0.1, 0.15) is 34.0 Å². The van der Waals surface area contributed by atoms with E-state index in [0.717, 1.165) is 9.87 Å². The van der Waals surface area contributed by atoms with E-state index in [0.29, 0.717) is 5.76 Å². The van der Waals surface area contributed by atoms with Gasteiger partial charge in [0.05, 0.1) is 7.11 Å². The normalized spacial score (nSPS) is 16.2. The maximum atomic E-state index is 13.4. The van der Waals surface area contributed by atoms with E-state index in [1.165, 1.54) is 31.4 Å². The molecule has 0 unspecified atom stereocenters. The Labute approximate surface area is 185 Å². The highest BCUT2D eigenvalue weighted by molar-refractivity contribution is 7.89. The summed E-state index contributed by atoms with van der Waals surface area (Å²) >= 11 is 0. The van der Waals surface area contributed by atoms with Gasteiger partial charge >= 0.3 is 0 Å². The molecule has 32 heavy (non-hydrogen) atoms. The first-order valence-corrected chi connectivity index (χ1v) is 11.3. The van der Waals surface area contributed by atoms with E-state index >= 15 is 0 Å². The number of methoxy groups -OCH3 is 1. The number of nitrogens with zero attached hydrogens (tertiary/aromatic N) is 2. The number of hydrogen-bond acceptors (Lipinski definition) is 7. The lowest BCUT2D eigenvalue weighted by atomic mass is 9.99. The van der Waals surface area contributed by atoms with Crippen molar-refractivity contribution in [2.75, 3.05) is 19.0 Å². The first kappa shape index (κ1) is 21.6. The molecule has 1 fully saturated rings. The lowest BCUT2D eigenvalue weighted by Gasteiger charge is -2.19. The zero-order chi connectivity index (χ0) is 22.9. The highest BCUT2D eigenvalue weighted by Crippen LogP contribution is 2.35. The fraction of sp³-hybridized carbons (Fsp3) is 0.227. The molecule has 0 saturated carbocycles. The molecule has 3 aromatic rings. The minimum Gasteiger partial charge on any atom is -0.495 e. The van der Waals surface area contributed by atoms with E-state index in [2.05, 4.69) is 10.5 Å². The molecule has 1 saturated heterocycles. The number of carbonyl (C=O) groups is 2. The lowest BCUT2D eigenvalue weighted by Crippen LogP contribution is -2.32. The highest BCUT2D eigenvalue weighted by atomic mass is 32.2. The van der Waals surface area contributed by atoms with Crippen molar-refractivity contribution >= 4 is 27.7 Å². The molecule has 1 atom stereocenters. The van der Waals surface area contributed by atoms with Crippen LogP contribution in [0.15, 0.2) is 64.0 Å². The molecule has 4 rings (SSSR count). The Kier molecular flexibility index (Phi) is 5.70. The Hall–Kier alpha value is -3.66. The summed E-state index contributed by atoms with van der Waals surface area (Å²) in [5, 5.41) is 6.24. The van der Waals surface area contributed by atoms with Crippen molar-refractivity contribution in [3.63, 3.8) is 0 Å². The number of carbonyl (C=O) groups excluding carboxylic acids is 2. The molecule has 1 aromatic heterocycles. The van der Waals surface area contributed by atoms with Gasteiger partial charge in [-0.3, -0.25) is 9.59 Å². The molecule has 0 bridgehead atoms. The van der Waals surface area contributed by atoms with Crippen LogP contribution >= 0.6 is 0 Å². The van der Waals surface area contributed by atoms with Crippen LogP contribution < -0.4 is 10.1 Å². The van der Waals surface area contributed by atoms with Gasteiger partial charge in [0.1, 0.15) is 16.4 Å². The van der Waals surface area contributed by atoms with Crippen LogP contribution in [0.4, 0.5) is 5.82 Å². The number of ether oxygens (including phenoxy) is 1. The van der Waals surface area contributed by atoms with Gasteiger partial charge in [-0.2, -0.15) is 0 Å². The second-order valence-electron chi connectivity index (χ2n) is 7.38.